The lowest BCUT2D eigenvalue weighted by Gasteiger charge is -2.07. The summed E-state index contributed by atoms with van der Waals surface area (Å²) in [6.45, 7) is 1.75. The molecule has 0 saturated carbocycles. The molecule has 10 heteroatoms. The molecule has 7 nitrogen and oxygen atoms in total. The fraction of sp³-hybridized carbons (Fsp3) is 0.292. The largest absolute Gasteiger partial charge is 0.416 e. The van der Waals surface area contributed by atoms with E-state index in [1.165, 1.54) is 18.5 Å². The SMILES string of the molecule is C[C@H](CC(=O)c1cc(C#CCCO)ncn1)c1cc(C2=Nc3ccc(C(F)(F)F)cc3C2)on1. The normalized spacial score (nSPS) is 13.6. The summed E-state index contributed by atoms with van der Waals surface area (Å²) in [5.41, 5.74) is 1.81. The van der Waals surface area contributed by atoms with Crippen LogP contribution in [0.3, 0.4) is 0 Å². The van der Waals surface area contributed by atoms with E-state index in [4.69, 9.17) is 9.63 Å². The summed E-state index contributed by atoms with van der Waals surface area (Å²) >= 11 is 0. The van der Waals surface area contributed by atoms with Crippen LogP contribution in [-0.2, 0) is 12.6 Å². The van der Waals surface area contributed by atoms with Crippen LogP contribution in [-0.4, -0.2) is 38.3 Å². The van der Waals surface area contributed by atoms with Crippen LogP contribution in [0.15, 0.2) is 46.2 Å². The van der Waals surface area contributed by atoms with Crippen molar-refractivity contribution < 1.29 is 27.6 Å². The highest BCUT2D eigenvalue weighted by Crippen LogP contribution is 2.36. The van der Waals surface area contributed by atoms with Crippen LogP contribution in [0, 0.1) is 11.8 Å². The second-order valence-corrected chi connectivity index (χ2v) is 7.78. The average molecular weight is 468 g/mol. The van der Waals surface area contributed by atoms with Crippen molar-refractivity contribution >= 4 is 17.2 Å². The lowest BCUT2D eigenvalue weighted by atomic mass is 9.98. The molecule has 2 aromatic heterocycles. The van der Waals surface area contributed by atoms with Crippen molar-refractivity contribution in [3.63, 3.8) is 0 Å². The molecular formula is C24H19F3N4O3. The second kappa shape index (κ2) is 9.57. The average Bonchev–Trinajstić information content (AvgIpc) is 3.45. The van der Waals surface area contributed by atoms with Crippen molar-refractivity contribution in [1.29, 1.82) is 0 Å². The molecule has 1 atom stereocenters. The fourth-order valence-electron chi connectivity index (χ4n) is 3.45. The third-order valence-corrected chi connectivity index (χ3v) is 5.24. The van der Waals surface area contributed by atoms with Crippen LogP contribution in [0.1, 0.15) is 64.4 Å². The summed E-state index contributed by atoms with van der Waals surface area (Å²) in [5, 5.41) is 12.8. The smallest absolute Gasteiger partial charge is 0.395 e. The molecule has 3 aromatic rings. The van der Waals surface area contributed by atoms with Gasteiger partial charge >= 0.3 is 6.18 Å². The lowest BCUT2D eigenvalue weighted by molar-refractivity contribution is -0.137. The molecule has 1 aliphatic rings. The predicted molar refractivity (Wildman–Crippen MR) is 116 cm³/mol. The monoisotopic (exact) mass is 468 g/mol. The van der Waals surface area contributed by atoms with Crippen molar-refractivity contribution in [1.82, 2.24) is 15.1 Å². The number of carbonyl (C=O) groups is 1. The number of ketones is 1. The maximum absolute atomic E-state index is 13.0. The van der Waals surface area contributed by atoms with Gasteiger partial charge in [0, 0.05) is 37.3 Å². The standard InChI is InChI=1S/C24H19F3N4O3/c1-14(8-22(33)20-11-17(28-13-29-20)4-2-3-7-32)19-12-23(34-31-19)21-10-15-9-16(24(25,26)27)5-6-18(15)30-21/h5-6,9,11-14,32H,3,7-8,10H2,1H3/t14-/m1/s1. The summed E-state index contributed by atoms with van der Waals surface area (Å²) in [7, 11) is 0. The third-order valence-electron chi connectivity index (χ3n) is 5.24. The number of aliphatic hydroxyl groups is 1. The molecular weight excluding hydrogens is 449 g/mol. The van der Waals surface area contributed by atoms with E-state index in [9.17, 15) is 18.0 Å². The van der Waals surface area contributed by atoms with Gasteiger partial charge in [-0.25, -0.2) is 15.0 Å². The first kappa shape index (κ1) is 23.3. The molecule has 3 heterocycles. The zero-order valence-corrected chi connectivity index (χ0v) is 18.1. The zero-order chi connectivity index (χ0) is 24.3. The minimum Gasteiger partial charge on any atom is -0.395 e. The van der Waals surface area contributed by atoms with Gasteiger partial charge in [-0.2, -0.15) is 13.2 Å². The van der Waals surface area contributed by atoms with Crippen molar-refractivity contribution in [2.75, 3.05) is 6.61 Å². The Bertz CT molecular complexity index is 1320. The molecule has 1 aromatic carbocycles. The van der Waals surface area contributed by atoms with Gasteiger partial charge in [0.1, 0.15) is 17.7 Å². The van der Waals surface area contributed by atoms with Crippen molar-refractivity contribution in [3.05, 3.63) is 70.6 Å². The minimum absolute atomic E-state index is 0.0613. The Morgan fingerprint density at radius 2 is 2.06 bits per heavy atom. The molecule has 1 N–H and O–H groups in total. The van der Waals surface area contributed by atoms with Crippen LogP contribution in [0.4, 0.5) is 18.9 Å². The van der Waals surface area contributed by atoms with Gasteiger partial charge in [-0.15, -0.1) is 0 Å². The number of carbonyl (C=O) groups excluding carboxylic acids is 1. The first-order valence-electron chi connectivity index (χ1n) is 10.4. The van der Waals surface area contributed by atoms with Crippen molar-refractivity contribution in [2.45, 2.75) is 38.3 Å². The van der Waals surface area contributed by atoms with Crippen LogP contribution >= 0.6 is 0 Å². The van der Waals surface area contributed by atoms with Crippen molar-refractivity contribution in [3.8, 4) is 11.8 Å². The maximum atomic E-state index is 13.0. The van der Waals surface area contributed by atoms with Gasteiger partial charge in [0.05, 0.1) is 29.3 Å². The predicted octanol–water partition coefficient (Wildman–Crippen LogP) is 4.27. The fourth-order valence-corrected chi connectivity index (χ4v) is 3.45. The number of aromatic nitrogens is 3. The number of aliphatic hydroxyl groups excluding tert-OH is 1. The molecule has 0 bridgehead atoms. The number of aliphatic imine (C=N–C) groups is 1. The maximum Gasteiger partial charge on any atom is 0.416 e. The molecule has 0 spiro atoms. The number of benzene rings is 1. The van der Waals surface area contributed by atoms with Gasteiger partial charge in [0.15, 0.2) is 11.5 Å². The number of hydrogen-bond acceptors (Lipinski definition) is 7. The van der Waals surface area contributed by atoms with E-state index in [1.54, 1.807) is 6.07 Å². The third kappa shape index (κ3) is 5.21. The Morgan fingerprint density at radius 3 is 2.82 bits per heavy atom. The molecule has 0 saturated heterocycles. The van der Waals surface area contributed by atoms with Crippen LogP contribution in [0.25, 0.3) is 0 Å². The minimum atomic E-state index is -4.42. The van der Waals surface area contributed by atoms with E-state index in [-0.39, 0.29) is 36.8 Å². The second-order valence-electron chi connectivity index (χ2n) is 7.78. The van der Waals surface area contributed by atoms with Gasteiger partial charge in [0.2, 0.25) is 0 Å². The number of rotatable bonds is 6. The molecule has 0 fully saturated rings. The molecule has 0 radical (unpaired) electrons. The highest BCUT2D eigenvalue weighted by molar-refractivity contribution is 6.04. The van der Waals surface area contributed by atoms with Gasteiger partial charge < -0.3 is 9.63 Å². The molecule has 1 aliphatic heterocycles. The first-order chi connectivity index (χ1) is 16.2. The first-order valence-corrected chi connectivity index (χ1v) is 10.4. The summed E-state index contributed by atoms with van der Waals surface area (Å²) in [4.78, 5) is 25.1. The van der Waals surface area contributed by atoms with E-state index >= 15 is 0 Å². The molecule has 4 rings (SSSR count). The molecule has 0 amide bonds. The van der Waals surface area contributed by atoms with E-state index in [0.29, 0.717) is 40.5 Å². The van der Waals surface area contributed by atoms with Gasteiger partial charge in [0.25, 0.3) is 0 Å². The summed E-state index contributed by atoms with van der Waals surface area (Å²) in [5.74, 6) is 5.32. The zero-order valence-electron chi connectivity index (χ0n) is 18.1. The van der Waals surface area contributed by atoms with E-state index in [0.717, 1.165) is 12.1 Å². The number of alkyl halides is 3. The molecule has 0 unspecified atom stereocenters. The van der Waals surface area contributed by atoms with Crippen LogP contribution in [0.2, 0.25) is 0 Å². The Hall–Kier alpha value is -3.84. The molecule has 174 valence electrons. The number of Topliss-reactive ketones (excluding diaryl/α,β-unsaturated/α-hetero) is 1. The highest BCUT2D eigenvalue weighted by Gasteiger charge is 2.32. The Balaban J connectivity index is 1.43. The van der Waals surface area contributed by atoms with Gasteiger partial charge in [-0.05, 0) is 29.7 Å². The topological polar surface area (TPSA) is 101 Å². The number of halogens is 3. The lowest BCUT2D eigenvalue weighted by Crippen LogP contribution is -2.08. The van der Waals surface area contributed by atoms with E-state index in [1.807, 2.05) is 6.92 Å². The van der Waals surface area contributed by atoms with Gasteiger partial charge in [-0.1, -0.05) is 18.0 Å². The van der Waals surface area contributed by atoms with E-state index in [2.05, 4.69) is 32.0 Å². The van der Waals surface area contributed by atoms with Crippen LogP contribution in [0.5, 0.6) is 0 Å². The molecule has 0 aliphatic carbocycles. The van der Waals surface area contributed by atoms with Crippen LogP contribution < -0.4 is 0 Å². The Labute approximate surface area is 192 Å². The van der Waals surface area contributed by atoms with E-state index < -0.39 is 11.7 Å². The molecule has 34 heavy (non-hydrogen) atoms. The Morgan fingerprint density at radius 1 is 1.24 bits per heavy atom. The summed E-state index contributed by atoms with van der Waals surface area (Å²) in [6.07, 6.45) is -2.56. The summed E-state index contributed by atoms with van der Waals surface area (Å²) in [6, 6.07) is 6.58. The quantitative estimate of drug-likeness (QED) is 0.428. The number of fused-ring (bicyclic) bond motifs is 1. The Kier molecular flexibility index (Phi) is 6.56. The van der Waals surface area contributed by atoms with Crippen molar-refractivity contribution in [2.24, 2.45) is 4.99 Å². The van der Waals surface area contributed by atoms with Gasteiger partial charge in [-0.3, -0.25) is 4.79 Å². The highest BCUT2D eigenvalue weighted by atomic mass is 19.4. The summed E-state index contributed by atoms with van der Waals surface area (Å²) < 4.78 is 44.3. The number of nitrogens with zero attached hydrogens (tertiary/aromatic N) is 4. The number of hydrogen-bond donors (Lipinski definition) is 1.